The molecule has 1 amide bonds. The van der Waals surface area contributed by atoms with E-state index in [0.717, 1.165) is 72.7 Å². The Morgan fingerprint density at radius 3 is 2.64 bits per heavy atom. The van der Waals surface area contributed by atoms with E-state index in [1.54, 1.807) is 11.3 Å². The van der Waals surface area contributed by atoms with E-state index >= 15 is 0 Å². The molecule has 8 nitrogen and oxygen atoms in total. The van der Waals surface area contributed by atoms with Crippen molar-refractivity contribution in [1.29, 1.82) is 0 Å². The molecule has 0 unspecified atom stereocenters. The van der Waals surface area contributed by atoms with Crippen molar-refractivity contribution in [2.75, 3.05) is 49.9 Å². The molecule has 3 heterocycles. The molecule has 1 aromatic heterocycles. The van der Waals surface area contributed by atoms with Crippen LogP contribution in [0.3, 0.4) is 0 Å². The van der Waals surface area contributed by atoms with Crippen molar-refractivity contribution in [2.45, 2.75) is 27.7 Å². The molecule has 1 atom stereocenters. The summed E-state index contributed by atoms with van der Waals surface area (Å²) in [6, 6.07) is 7.74. The first kappa shape index (κ1) is 28.6. The summed E-state index contributed by atoms with van der Waals surface area (Å²) in [5, 5.41) is 7.07. The summed E-state index contributed by atoms with van der Waals surface area (Å²) in [5.74, 6) is 0.539. The number of allylic oxidation sites excluding steroid dienone is 1. The molecular weight excluding hydrogens is 508 g/mol. The third kappa shape index (κ3) is 8.05. The lowest BCUT2D eigenvalue weighted by Gasteiger charge is -2.37. The number of aldehydes is 1. The van der Waals surface area contributed by atoms with Gasteiger partial charge in [0.25, 0.3) is 0 Å². The third-order valence-electron chi connectivity index (χ3n) is 6.75. The highest BCUT2D eigenvalue weighted by Crippen LogP contribution is 2.26. The molecule has 2 aliphatic heterocycles. The number of hydrogen-bond acceptors (Lipinski definition) is 8. The maximum absolute atomic E-state index is 11.9. The molecule has 1 aromatic carbocycles. The van der Waals surface area contributed by atoms with E-state index in [1.807, 2.05) is 51.2 Å². The van der Waals surface area contributed by atoms with Crippen LogP contribution in [0.5, 0.6) is 0 Å². The zero-order valence-corrected chi connectivity index (χ0v) is 24.1. The number of aliphatic imine (C=N–C) groups is 1. The molecular formula is C30H38N6O2S. The van der Waals surface area contributed by atoms with Gasteiger partial charge in [-0.25, -0.2) is 9.98 Å². The zero-order chi connectivity index (χ0) is 28.0. The van der Waals surface area contributed by atoms with E-state index in [2.05, 4.69) is 51.1 Å². The monoisotopic (exact) mass is 546 g/mol. The first-order valence-electron chi connectivity index (χ1n) is 13.3. The first-order valence-corrected chi connectivity index (χ1v) is 14.1. The molecule has 2 aromatic rings. The lowest BCUT2D eigenvalue weighted by molar-refractivity contribution is -0.115. The van der Waals surface area contributed by atoms with Gasteiger partial charge in [-0.1, -0.05) is 45.6 Å². The molecule has 0 spiro atoms. The van der Waals surface area contributed by atoms with Crippen LogP contribution in [0.1, 0.15) is 31.2 Å². The summed E-state index contributed by atoms with van der Waals surface area (Å²) >= 11 is 1.59. The zero-order valence-electron chi connectivity index (χ0n) is 23.2. The predicted molar refractivity (Wildman–Crippen MR) is 160 cm³/mol. The topological polar surface area (TPSA) is 89.9 Å². The van der Waals surface area contributed by atoms with Crippen molar-refractivity contribution in [2.24, 2.45) is 16.3 Å². The van der Waals surface area contributed by atoms with Crippen molar-refractivity contribution in [1.82, 2.24) is 14.8 Å². The number of carbonyl (C=O) groups is 2. The van der Waals surface area contributed by atoms with Gasteiger partial charge in [0, 0.05) is 67.4 Å². The van der Waals surface area contributed by atoms with E-state index in [0.29, 0.717) is 5.69 Å². The second-order valence-electron chi connectivity index (χ2n) is 10.9. The largest absolute Gasteiger partial charge is 0.323 e. The number of carbonyl (C=O) groups excluding carboxylic acids is 2. The van der Waals surface area contributed by atoms with Gasteiger partial charge >= 0.3 is 0 Å². The van der Waals surface area contributed by atoms with Crippen LogP contribution >= 0.6 is 11.3 Å². The summed E-state index contributed by atoms with van der Waals surface area (Å²) in [4.78, 5) is 38.7. The first-order chi connectivity index (χ1) is 18.6. The number of aromatic nitrogens is 1. The summed E-state index contributed by atoms with van der Waals surface area (Å²) in [6.45, 7) is 17.1. The fraction of sp³-hybridized carbons (Fsp3) is 0.400. The Bertz CT molecular complexity index is 1300. The quantitative estimate of drug-likeness (QED) is 0.331. The minimum Gasteiger partial charge on any atom is -0.323 e. The van der Waals surface area contributed by atoms with Gasteiger partial charge in [-0.3, -0.25) is 14.6 Å². The molecule has 39 heavy (non-hydrogen) atoms. The normalized spacial score (nSPS) is 18.9. The van der Waals surface area contributed by atoms with Gasteiger partial charge in [0.05, 0.1) is 5.71 Å². The number of thiazole rings is 1. The van der Waals surface area contributed by atoms with Crippen molar-refractivity contribution < 1.29 is 9.59 Å². The fourth-order valence-corrected chi connectivity index (χ4v) is 5.50. The summed E-state index contributed by atoms with van der Waals surface area (Å²) < 4.78 is 0. The number of nitrogens with one attached hydrogen (secondary N) is 2. The van der Waals surface area contributed by atoms with Crippen LogP contribution in [0.2, 0.25) is 0 Å². The van der Waals surface area contributed by atoms with Gasteiger partial charge in [0.15, 0.2) is 5.13 Å². The molecule has 0 bridgehead atoms. The molecule has 2 N–H and O–H groups in total. The molecule has 0 radical (unpaired) electrons. The Morgan fingerprint density at radius 1 is 1.23 bits per heavy atom. The van der Waals surface area contributed by atoms with Crippen molar-refractivity contribution in [3.8, 4) is 0 Å². The third-order valence-corrected chi connectivity index (χ3v) is 7.58. The number of aryl methyl sites for hydroxylation is 1. The van der Waals surface area contributed by atoms with Crippen molar-refractivity contribution in [3.63, 3.8) is 0 Å². The molecule has 9 heteroatoms. The van der Waals surface area contributed by atoms with E-state index in [9.17, 15) is 9.59 Å². The highest BCUT2D eigenvalue weighted by atomic mass is 32.1. The number of piperazine rings is 1. The SMILES string of the molecule is C=CC(=O)Nc1cccc(C2=NC(Nc3ncc(C)s3)=CC(CN3CCN(CC(C)(C)C=O)CC3)=C[C@@H]2C)c1. The summed E-state index contributed by atoms with van der Waals surface area (Å²) in [5.41, 5.74) is 3.42. The van der Waals surface area contributed by atoms with E-state index < -0.39 is 0 Å². The maximum Gasteiger partial charge on any atom is 0.247 e. The number of nitrogens with zero attached hydrogens (tertiary/aromatic N) is 4. The maximum atomic E-state index is 11.9. The predicted octanol–water partition coefficient (Wildman–Crippen LogP) is 4.74. The van der Waals surface area contributed by atoms with Crippen molar-refractivity contribution in [3.05, 3.63) is 77.1 Å². The van der Waals surface area contributed by atoms with Crippen LogP contribution in [0.4, 0.5) is 10.8 Å². The van der Waals surface area contributed by atoms with E-state index in [-0.39, 0.29) is 17.2 Å². The Balaban J connectivity index is 1.55. The highest BCUT2D eigenvalue weighted by Gasteiger charge is 2.25. The number of hydrogen-bond donors (Lipinski definition) is 2. The molecule has 1 saturated heterocycles. The average Bonchev–Trinajstić information content (AvgIpc) is 3.24. The van der Waals surface area contributed by atoms with Crippen LogP contribution < -0.4 is 10.6 Å². The van der Waals surface area contributed by atoms with Gasteiger partial charge in [-0.15, -0.1) is 11.3 Å². The smallest absolute Gasteiger partial charge is 0.247 e. The fourth-order valence-electron chi connectivity index (χ4n) is 4.83. The molecule has 4 rings (SSSR count). The number of rotatable bonds is 10. The standard InChI is InChI=1S/C30H38N6O2S/c1-6-27(38)32-25-9-7-8-24(16-25)28-21(2)14-23(15-26(33-28)34-29-31-17-22(3)39-29)18-35-10-12-36(13-11-35)19-30(4,5)20-37/h6-9,14-17,20-21H,1,10-13,18-19H2,2-5H3,(H,31,34)(H,32,38)/t21-/m0/s1. The molecule has 1 fully saturated rings. The van der Waals surface area contributed by atoms with Gasteiger partial charge < -0.3 is 15.4 Å². The van der Waals surface area contributed by atoms with E-state index in [1.165, 1.54) is 11.6 Å². The molecule has 0 saturated carbocycles. The Labute approximate surface area is 235 Å². The Hall–Kier alpha value is -3.40. The van der Waals surface area contributed by atoms with Crippen LogP contribution in [-0.4, -0.2) is 72.0 Å². The molecule has 0 aliphatic carbocycles. The van der Waals surface area contributed by atoms with Crippen LogP contribution in [0.25, 0.3) is 0 Å². The Morgan fingerprint density at radius 2 is 1.97 bits per heavy atom. The summed E-state index contributed by atoms with van der Waals surface area (Å²) in [7, 11) is 0. The average molecular weight is 547 g/mol. The van der Waals surface area contributed by atoms with E-state index in [4.69, 9.17) is 4.99 Å². The number of amides is 1. The highest BCUT2D eigenvalue weighted by molar-refractivity contribution is 7.15. The number of benzene rings is 1. The lowest BCUT2D eigenvalue weighted by Crippen LogP contribution is -2.49. The molecule has 206 valence electrons. The second kappa shape index (κ2) is 12.6. The second-order valence-corrected chi connectivity index (χ2v) is 12.1. The minimum atomic E-state index is -0.321. The lowest BCUT2D eigenvalue weighted by atomic mass is 9.94. The van der Waals surface area contributed by atoms with Gasteiger partial charge in [-0.2, -0.15) is 0 Å². The van der Waals surface area contributed by atoms with Crippen LogP contribution in [0.15, 0.2) is 71.7 Å². The summed E-state index contributed by atoms with van der Waals surface area (Å²) in [6.07, 6.45) is 8.56. The van der Waals surface area contributed by atoms with Gasteiger partial charge in [0.1, 0.15) is 12.1 Å². The van der Waals surface area contributed by atoms with Gasteiger partial charge in [0.2, 0.25) is 5.91 Å². The molecule has 2 aliphatic rings. The number of anilines is 2. The Kier molecular flexibility index (Phi) is 9.27. The van der Waals surface area contributed by atoms with Crippen LogP contribution in [0, 0.1) is 18.3 Å². The van der Waals surface area contributed by atoms with Crippen molar-refractivity contribution >= 4 is 40.1 Å². The van der Waals surface area contributed by atoms with Crippen LogP contribution in [-0.2, 0) is 9.59 Å². The van der Waals surface area contributed by atoms with Gasteiger partial charge in [-0.05, 0) is 42.3 Å². The minimum absolute atomic E-state index is 0.0496.